The Kier molecular flexibility index (Phi) is 5.79. The Bertz CT molecular complexity index is 342. The van der Waals surface area contributed by atoms with E-state index in [0.717, 1.165) is 5.56 Å². The molecule has 1 aromatic carbocycles. The SMILES string of the molecule is Cc1cccc([C@@H](N)[C@@H](O)C(C)C)c1O.Cl. The average Bonchev–Trinajstić information content (AvgIpc) is 2.20. The zero-order chi connectivity index (χ0) is 11.6. The Morgan fingerprint density at radius 3 is 2.31 bits per heavy atom. The van der Waals surface area contributed by atoms with Gasteiger partial charge < -0.3 is 15.9 Å². The average molecular weight is 246 g/mol. The van der Waals surface area contributed by atoms with E-state index in [2.05, 4.69) is 0 Å². The largest absolute Gasteiger partial charge is 0.507 e. The number of para-hydroxylation sites is 1. The van der Waals surface area contributed by atoms with Crippen molar-refractivity contribution in [3.63, 3.8) is 0 Å². The molecule has 0 fully saturated rings. The normalized spacial score (nSPS) is 14.4. The number of phenolic OH excluding ortho intramolecular Hbond substituents is 1. The highest BCUT2D eigenvalue weighted by Crippen LogP contribution is 2.29. The van der Waals surface area contributed by atoms with Gasteiger partial charge in [0.2, 0.25) is 0 Å². The Labute approximate surface area is 103 Å². The van der Waals surface area contributed by atoms with Gasteiger partial charge in [-0.25, -0.2) is 0 Å². The second kappa shape index (κ2) is 6.09. The third-order valence-corrected chi connectivity index (χ3v) is 2.68. The van der Waals surface area contributed by atoms with Crippen LogP contribution in [-0.4, -0.2) is 16.3 Å². The highest BCUT2D eigenvalue weighted by Gasteiger charge is 2.22. The first kappa shape index (κ1) is 15.2. The first-order valence-electron chi connectivity index (χ1n) is 5.17. The number of benzene rings is 1. The van der Waals surface area contributed by atoms with Crippen LogP contribution in [0.3, 0.4) is 0 Å². The Balaban J connectivity index is 0.00000225. The molecular weight excluding hydrogens is 226 g/mol. The molecule has 0 saturated carbocycles. The molecule has 0 saturated heterocycles. The topological polar surface area (TPSA) is 66.5 Å². The molecule has 0 bridgehead atoms. The van der Waals surface area contributed by atoms with Crippen molar-refractivity contribution in [2.24, 2.45) is 11.7 Å². The number of hydrogen-bond donors (Lipinski definition) is 3. The van der Waals surface area contributed by atoms with E-state index in [-0.39, 0.29) is 24.1 Å². The predicted octanol–water partition coefficient (Wildman–Crippen LogP) is 2.14. The predicted molar refractivity (Wildman–Crippen MR) is 67.9 cm³/mol. The van der Waals surface area contributed by atoms with Crippen molar-refractivity contribution in [3.05, 3.63) is 29.3 Å². The van der Waals surface area contributed by atoms with E-state index in [1.54, 1.807) is 6.07 Å². The third kappa shape index (κ3) is 3.11. The van der Waals surface area contributed by atoms with Crippen molar-refractivity contribution in [2.75, 3.05) is 0 Å². The molecule has 0 aliphatic carbocycles. The number of aromatic hydroxyl groups is 1. The molecule has 0 heterocycles. The van der Waals surface area contributed by atoms with Crippen LogP contribution in [0.4, 0.5) is 0 Å². The van der Waals surface area contributed by atoms with Crippen LogP contribution >= 0.6 is 12.4 Å². The monoisotopic (exact) mass is 245 g/mol. The van der Waals surface area contributed by atoms with Gasteiger partial charge in [-0.05, 0) is 18.4 Å². The van der Waals surface area contributed by atoms with E-state index in [9.17, 15) is 10.2 Å². The molecule has 4 heteroatoms. The first-order chi connectivity index (χ1) is 6.95. The number of phenols is 1. The lowest BCUT2D eigenvalue weighted by Crippen LogP contribution is -2.30. The van der Waals surface area contributed by atoms with Crippen LogP contribution in [0.15, 0.2) is 18.2 Å². The lowest BCUT2D eigenvalue weighted by atomic mass is 9.93. The van der Waals surface area contributed by atoms with E-state index < -0.39 is 12.1 Å². The van der Waals surface area contributed by atoms with Gasteiger partial charge in [0.15, 0.2) is 0 Å². The summed E-state index contributed by atoms with van der Waals surface area (Å²) in [5.74, 6) is 0.254. The molecule has 0 aliphatic rings. The van der Waals surface area contributed by atoms with Gasteiger partial charge in [-0.3, -0.25) is 0 Å². The number of rotatable bonds is 3. The molecule has 1 aromatic rings. The summed E-state index contributed by atoms with van der Waals surface area (Å²) in [6.45, 7) is 5.61. The molecule has 0 spiro atoms. The van der Waals surface area contributed by atoms with Crippen LogP contribution in [-0.2, 0) is 0 Å². The molecule has 16 heavy (non-hydrogen) atoms. The standard InChI is InChI=1S/C12H19NO2.ClH/c1-7(2)11(14)10(13)9-6-4-5-8(3)12(9)15;/h4-7,10-11,14-15H,13H2,1-3H3;1H/t10-,11+;/m1./s1. The Hall–Kier alpha value is -0.770. The molecule has 1 rings (SSSR count). The summed E-state index contributed by atoms with van der Waals surface area (Å²) in [5, 5.41) is 19.6. The number of hydrogen-bond acceptors (Lipinski definition) is 3. The molecule has 0 unspecified atom stereocenters. The molecule has 2 atom stereocenters. The van der Waals surface area contributed by atoms with Gasteiger partial charge in [-0.15, -0.1) is 12.4 Å². The van der Waals surface area contributed by atoms with E-state index in [1.165, 1.54) is 0 Å². The quantitative estimate of drug-likeness (QED) is 0.764. The third-order valence-electron chi connectivity index (χ3n) is 2.68. The van der Waals surface area contributed by atoms with Crippen LogP contribution in [0.2, 0.25) is 0 Å². The molecule has 4 N–H and O–H groups in total. The van der Waals surface area contributed by atoms with Crippen LogP contribution in [0.1, 0.15) is 31.0 Å². The fourth-order valence-electron chi connectivity index (χ4n) is 1.55. The lowest BCUT2D eigenvalue weighted by molar-refractivity contribution is 0.0969. The zero-order valence-corrected chi connectivity index (χ0v) is 10.7. The van der Waals surface area contributed by atoms with E-state index in [0.29, 0.717) is 5.56 Å². The lowest BCUT2D eigenvalue weighted by Gasteiger charge is -2.23. The minimum Gasteiger partial charge on any atom is -0.507 e. The molecule has 0 radical (unpaired) electrons. The zero-order valence-electron chi connectivity index (χ0n) is 9.84. The van der Waals surface area contributed by atoms with Gasteiger partial charge in [0.25, 0.3) is 0 Å². The van der Waals surface area contributed by atoms with Gasteiger partial charge in [0.05, 0.1) is 12.1 Å². The van der Waals surface area contributed by atoms with Crippen molar-refractivity contribution >= 4 is 12.4 Å². The van der Waals surface area contributed by atoms with Crippen LogP contribution in [0.5, 0.6) is 5.75 Å². The fourth-order valence-corrected chi connectivity index (χ4v) is 1.55. The molecule has 0 aliphatic heterocycles. The number of halogens is 1. The summed E-state index contributed by atoms with van der Waals surface area (Å²) in [7, 11) is 0. The van der Waals surface area contributed by atoms with Crippen LogP contribution in [0, 0.1) is 12.8 Å². The van der Waals surface area contributed by atoms with Crippen molar-refractivity contribution in [2.45, 2.75) is 32.9 Å². The van der Waals surface area contributed by atoms with Crippen LogP contribution < -0.4 is 5.73 Å². The van der Waals surface area contributed by atoms with Gasteiger partial charge in [0, 0.05) is 5.56 Å². The summed E-state index contributed by atoms with van der Waals surface area (Å²) in [6, 6.07) is 4.85. The fraction of sp³-hybridized carbons (Fsp3) is 0.500. The second-order valence-electron chi connectivity index (χ2n) is 4.27. The first-order valence-corrected chi connectivity index (χ1v) is 5.17. The number of nitrogens with two attached hydrogens (primary N) is 1. The van der Waals surface area contributed by atoms with E-state index in [1.807, 2.05) is 32.9 Å². The maximum atomic E-state index is 9.83. The van der Waals surface area contributed by atoms with Crippen molar-refractivity contribution in [3.8, 4) is 5.75 Å². The number of aliphatic hydroxyl groups excluding tert-OH is 1. The highest BCUT2D eigenvalue weighted by molar-refractivity contribution is 5.85. The molecule has 92 valence electrons. The Morgan fingerprint density at radius 2 is 1.81 bits per heavy atom. The van der Waals surface area contributed by atoms with Crippen molar-refractivity contribution < 1.29 is 10.2 Å². The summed E-state index contributed by atoms with van der Waals surface area (Å²) in [5.41, 5.74) is 7.28. The molecular formula is C12H20ClNO2. The maximum absolute atomic E-state index is 9.83. The minimum absolute atomic E-state index is 0. The Morgan fingerprint density at radius 1 is 1.25 bits per heavy atom. The smallest absolute Gasteiger partial charge is 0.123 e. The maximum Gasteiger partial charge on any atom is 0.123 e. The van der Waals surface area contributed by atoms with Crippen molar-refractivity contribution in [1.82, 2.24) is 0 Å². The van der Waals surface area contributed by atoms with E-state index in [4.69, 9.17) is 5.73 Å². The summed E-state index contributed by atoms with van der Waals surface area (Å²) in [4.78, 5) is 0. The minimum atomic E-state index is -0.641. The number of aryl methyl sites for hydroxylation is 1. The summed E-state index contributed by atoms with van der Waals surface area (Å²) < 4.78 is 0. The van der Waals surface area contributed by atoms with Gasteiger partial charge in [-0.1, -0.05) is 32.0 Å². The molecule has 0 amide bonds. The molecule has 3 nitrogen and oxygen atoms in total. The van der Waals surface area contributed by atoms with Crippen molar-refractivity contribution in [1.29, 1.82) is 0 Å². The number of aliphatic hydroxyl groups is 1. The highest BCUT2D eigenvalue weighted by atomic mass is 35.5. The van der Waals surface area contributed by atoms with Crippen LogP contribution in [0.25, 0.3) is 0 Å². The summed E-state index contributed by atoms with van der Waals surface area (Å²) >= 11 is 0. The molecule has 0 aromatic heterocycles. The van der Waals surface area contributed by atoms with E-state index >= 15 is 0 Å². The second-order valence-corrected chi connectivity index (χ2v) is 4.27. The van der Waals surface area contributed by atoms with Gasteiger partial charge >= 0.3 is 0 Å². The van der Waals surface area contributed by atoms with Gasteiger partial charge in [-0.2, -0.15) is 0 Å². The summed E-state index contributed by atoms with van der Waals surface area (Å²) in [6.07, 6.45) is -0.641. The van der Waals surface area contributed by atoms with Gasteiger partial charge in [0.1, 0.15) is 5.75 Å².